The van der Waals surface area contributed by atoms with Gasteiger partial charge >= 0.3 is 0 Å². The quantitative estimate of drug-likeness (QED) is 0.791. The topological polar surface area (TPSA) is 24.9 Å². The molecular formula is C22H30N2O2. The number of hydrogen-bond acceptors (Lipinski definition) is 4. The van der Waals surface area contributed by atoms with Crippen LogP contribution in [0.5, 0.6) is 11.5 Å². The van der Waals surface area contributed by atoms with Crippen LogP contribution in [0.25, 0.3) is 0 Å². The summed E-state index contributed by atoms with van der Waals surface area (Å²) in [5.41, 5.74) is 5.28. The molecule has 1 aliphatic rings. The molecule has 0 unspecified atom stereocenters. The van der Waals surface area contributed by atoms with Gasteiger partial charge in [-0.1, -0.05) is 18.2 Å². The number of ether oxygens (including phenoxy) is 2. The Kier molecular flexibility index (Phi) is 6.17. The molecular weight excluding hydrogens is 324 g/mol. The van der Waals surface area contributed by atoms with Crippen molar-refractivity contribution in [3.05, 3.63) is 58.7 Å². The van der Waals surface area contributed by atoms with Crippen LogP contribution in [0.1, 0.15) is 22.3 Å². The second kappa shape index (κ2) is 8.56. The number of hydrogen-bond donors (Lipinski definition) is 0. The summed E-state index contributed by atoms with van der Waals surface area (Å²) in [5, 5.41) is 0. The van der Waals surface area contributed by atoms with Crippen molar-refractivity contribution in [3.8, 4) is 11.5 Å². The van der Waals surface area contributed by atoms with Crippen LogP contribution in [0.4, 0.5) is 0 Å². The van der Waals surface area contributed by atoms with E-state index >= 15 is 0 Å². The smallest absolute Gasteiger partial charge is 0.122 e. The molecule has 0 saturated carbocycles. The Balaban J connectivity index is 1.53. The predicted octanol–water partition coefficient (Wildman–Crippen LogP) is 3.64. The molecule has 0 aromatic heterocycles. The number of methoxy groups -OCH3 is 2. The van der Waals surface area contributed by atoms with Gasteiger partial charge in [-0.2, -0.15) is 0 Å². The number of benzene rings is 2. The molecule has 1 aliphatic heterocycles. The molecule has 1 fully saturated rings. The highest BCUT2D eigenvalue weighted by Crippen LogP contribution is 2.24. The molecule has 0 amide bonds. The van der Waals surface area contributed by atoms with Crippen molar-refractivity contribution in [1.29, 1.82) is 0 Å². The van der Waals surface area contributed by atoms with Gasteiger partial charge in [-0.25, -0.2) is 0 Å². The highest BCUT2D eigenvalue weighted by atomic mass is 16.5. The van der Waals surface area contributed by atoms with Crippen molar-refractivity contribution in [2.24, 2.45) is 0 Å². The Morgan fingerprint density at radius 3 is 1.96 bits per heavy atom. The maximum Gasteiger partial charge on any atom is 0.122 e. The van der Waals surface area contributed by atoms with Crippen LogP contribution in [-0.2, 0) is 13.1 Å². The summed E-state index contributed by atoms with van der Waals surface area (Å²) in [6, 6.07) is 12.8. The van der Waals surface area contributed by atoms with Crippen molar-refractivity contribution in [1.82, 2.24) is 9.80 Å². The van der Waals surface area contributed by atoms with E-state index < -0.39 is 0 Å². The predicted molar refractivity (Wildman–Crippen MR) is 106 cm³/mol. The summed E-state index contributed by atoms with van der Waals surface area (Å²) in [6.07, 6.45) is 0. The van der Waals surface area contributed by atoms with E-state index in [0.717, 1.165) is 50.8 Å². The Labute approximate surface area is 157 Å². The van der Waals surface area contributed by atoms with Crippen LogP contribution in [0.15, 0.2) is 36.4 Å². The highest BCUT2D eigenvalue weighted by molar-refractivity contribution is 5.41. The average Bonchev–Trinajstić information content (AvgIpc) is 2.66. The van der Waals surface area contributed by atoms with Gasteiger partial charge in [-0.3, -0.25) is 9.80 Å². The van der Waals surface area contributed by atoms with Gasteiger partial charge < -0.3 is 9.47 Å². The van der Waals surface area contributed by atoms with Crippen LogP contribution >= 0.6 is 0 Å². The molecule has 0 atom stereocenters. The molecule has 0 radical (unpaired) electrons. The molecule has 3 rings (SSSR count). The zero-order valence-electron chi connectivity index (χ0n) is 16.4. The lowest BCUT2D eigenvalue weighted by Gasteiger charge is -2.35. The van der Waals surface area contributed by atoms with Crippen molar-refractivity contribution < 1.29 is 9.47 Å². The number of rotatable bonds is 6. The zero-order valence-corrected chi connectivity index (χ0v) is 16.4. The number of nitrogens with zero attached hydrogens (tertiary/aromatic N) is 2. The minimum absolute atomic E-state index is 0.920. The van der Waals surface area contributed by atoms with E-state index in [0.29, 0.717) is 0 Å². The fourth-order valence-corrected chi connectivity index (χ4v) is 3.58. The summed E-state index contributed by atoms with van der Waals surface area (Å²) in [6.45, 7) is 10.8. The van der Waals surface area contributed by atoms with E-state index in [2.05, 4.69) is 47.9 Å². The van der Waals surface area contributed by atoms with E-state index in [-0.39, 0.29) is 0 Å². The maximum absolute atomic E-state index is 5.43. The molecule has 2 aromatic rings. The standard InChI is InChI=1S/C22H30N2O2/c1-17-14-22(26-4)18(2)13-20(17)16-24-11-9-23(10-12-24)15-19-5-7-21(25-3)8-6-19/h5-8,13-14H,9-12,15-16H2,1-4H3. The fourth-order valence-electron chi connectivity index (χ4n) is 3.58. The van der Waals surface area contributed by atoms with Crippen LogP contribution in [0.3, 0.4) is 0 Å². The summed E-state index contributed by atoms with van der Waals surface area (Å²) in [5.74, 6) is 1.90. The van der Waals surface area contributed by atoms with Gasteiger partial charge in [0.25, 0.3) is 0 Å². The second-order valence-electron chi connectivity index (χ2n) is 7.15. The molecule has 0 aliphatic carbocycles. The third kappa shape index (κ3) is 4.57. The Hall–Kier alpha value is -2.04. The van der Waals surface area contributed by atoms with Gasteiger partial charge in [-0.05, 0) is 54.3 Å². The SMILES string of the molecule is COc1ccc(CN2CCN(Cc3cc(C)c(OC)cc3C)CC2)cc1. The Morgan fingerprint density at radius 2 is 1.38 bits per heavy atom. The van der Waals surface area contributed by atoms with Crippen LogP contribution in [-0.4, -0.2) is 50.2 Å². The van der Waals surface area contributed by atoms with Crippen LogP contribution < -0.4 is 9.47 Å². The molecule has 4 heteroatoms. The van der Waals surface area contributed by atoms with Crippen molar-refractivity contribution in [3.63, 3.8) is 0 Å². The van der Waals surface area contributed by atoms with E-state index in [1.807, 2.05) is 12.1 Å². The van der Waals surface area contributed by atoms with Crippen LogP contribution in [0.2, 0.25) is 0 Å². The molecule has 1 saturated heterocycles. The summed E-state index contributed by atoms with van der Waals surface area (Å²) in [4.78, 5) is 5.09. The fraction of sp³-hybridized carbons (Fsp3) is 0.455. The van der Waals surface area contributed by atoms with Crippen LogP contribution in [0, 0.1) is 13.8 Å². The molecule has 0 bridgehead atoms. The zero-order chi connectivity index (χ0) is 18.5. The normalized spacial score (nSPS) is 15.8. The second-order valence-corrected chi connectivity index (χ2v) is 7.15. The van der Waals surface area contributed by atoms with Gasteiger partial charge in [0.05, 0.1) is 14.2 Å². The lowest BCUT2D eigenvalue weighted by molar-refractivity contribution is 0.122. The summed E-state index contributed by atoms with van der Waals surface area (Å²) >= 11 is 0. The average molecular weight is 354 g/mol. The minimum atomic E-state index is 0.920. The van der Waals surface area contributed by atoms with E-state index in [1.165, 1.54) is 22.3 Å². The number of aryl methyl sites for hydroxylation is 2. The lowest BCUT2D eigenvalue weighted by atomic mass is 10.0. The third-order valence-corrected chi connectivity index (χ3v) is 5.28. The molecule has 26 heavy (non-hydrogen) atoms. The lowest BCUT2D eigenvalue weighted by Crippen LogP contribution is -2.45. The van der Waals surface area contributed by atoms with Gasteiger partial charge in [-0.15, -0.1) is 0 Å². The molecule has 140 valence electrons. The van der Waals surface area contributed by atoms with Crippen molar-refractivity contribution in [2.75, 3.05) is 40.4 Å². The highest BCUT2D eigenvalue weighted by Gasteiger charge is 2.18. The molecule has 0 N–H and O–H groups in total. The first kappa shape index (κ1) is 18.7. The minimum Gasteiger partial charge on any atom is -0.497 e. The van der Waals surface area contributed by atoms with E-state index in [1.54, 1.807) is 14.2 Å². The van der Waals surface area contributed by atoms with Gasteiger partial charge in [0.15, 0.2) is 0 Å². The monoisotopic (exact) mass is 354 g/mol. The first-order valence-corrected chi connectivity index (χ1v) is 9.31. The molecule has 1 heterocycles. The van der Waals surface area contributed by atoms with E-state index in [4.69, 9.17) is 9.47 Å². The molecule has 0 spiro atoms. The summed E-state index contributed by atoms with van der Waals surface area (Å²) in [7, 11) is 3.45. The Morgan fingerprint density at radius 1 is 0.769 bits per heavy atom. The van der Waals surface area contributed by atoms with Gasteiger partial charge in [0.1, 0.15) is 11.5 Å². The van der Waals surface area contributed by atoms with Gasteiger partial charge in [0, 0.05) is 39.3 Å². The van der Waals surface area contributed by atoms with Crippen molar-refractivity contribution in [2.45, 2.75) is 26.9 Å². The molecule has 4 nitrogen and oxygen atoms in total. The summed E-state index contributed by atoms with van der Waals surface area (Å²) < 4.78 is 10.7. The molecule has 2 aromatic carbocycles. The third-order valence-electron chi connectivity index (χ3n) is 5.28. The van der Waals surface area contributed by atoms with Crippen molar-refractivity contribution >= 4 is 0 Å². The Bertz CT molecular complexity index is 720. The van der Waals surface area contributed by atoms with E-state index in [9.17, 15) is 0 Å². The van der Waals surface area contributed by atoms with Gasteiger partial charge in [0.2, 0.25) is 0 Å². The number of piperazine rings is 1. The maximum atomic E-state index is 5.43. The first-order chi connectivity index (χ1) is 12.6. The first-order valence-electron chi connectivity index (χ1n) is 9.31. The largest absolute Gasteiger partial charge is 0.497 e.